The van der Waals surface area contributed by atoms with Crippen LogP contribution in [0.3, 0.4) is 0 Å². The van der Waals surface area contributed by atoms with Crippen molar-refractivity contribution in [1.82, 2.24) is 5.32 Å². The third kappa shape index (κ3) is 5.09. The summed E-state index contributed by atoms with van der Waals surface area (Å²) in [5, 5.41) is 9.75. The first kappa shape index (κ1) is 20.6. The molecule has 0 aliphatic carbocycles. The van der Waals surface area contributed by atoms with Crippen LogP contribution < -0.4 is 16.0 Å². The molecule has 8 heteroatoms. The second-order valence-electron chi connectivity index (χ2n) is 6.60. The van der Waals surface area contributed by atoms with Gasteiger partial charge >= 0.3 is 0 Å². The summed E-state index contributed by atoms with van der Waals surface area (Å²) in [6, 6.07) is 22.6. The number of amides is 2. The highest BCUT2D eigenvalue weighted by Crippen LogP contribution is 2.19. The Hall–Kier alpha value is -3.68. The lowest BCUT2D eigenvalue weighted by atomic mass is 10.2. The zero-order valence-corrected chi connectivity index (χ0v) is 17.6. The molecule has 31 heavy (non-hydrogen) atoms. The van der Waals surface area contributed by atoms with Crippen LogP contribution in [0.15, 0.2) is 83.3 Å². The summed E-state index contributed by atoms with van der Waals surface area (Å²) in [5.41, 5.74) is 2.34. The molecular weight excluding hydrogens is 434 g/mol. The van der Waals surface area contributed by atoms with Gasteiger partial charge in [-0.05, 0) is 66.8 Å². The maximum atomic E-state index is 12.4. The number of fused-ring (bicyclic) bond motifs is 1. The fourth-order valence-electron chi connectivity index (χ4n) is 2.89. The largest absolute Gasteiger partial charge is 0.451 e. The lowest BCUT2D eigenvalue weighted by Gasteiger charge is -2.10. The van der Waals surface area contributed by atoms with Crippen LogP contribution in [0.25, 0.3) is 11.0 Å². The molecule has 0 saturated heterocycles. The van der Waals surface area contributed by atoms with Gasteiger partial charge in [-0.15, -0.1) is 0 Å². The molecule has 2 amide bonds. The standard InChI is InChI=1S/C23H16ClN3O3S/c24-16-6-3-5-15(12-16)21(28)25-17-8-10-18(11-9-17)26-23(31)27-22(29)20-13-14-4-1-2-7-19(14)30-20/h1-13H,(H,25,28)(H2,26,27,29,31). The zero-order valence-electron chi connectivity index (χ0n) is 16.0. The third-order valence-electron chi connectivity index (χ3n) is 4.36. The summed E-state index contributed by atoms with van der Waals surface area (Å²) in [6.07, 6.45) is 0. The molecule has 0 aliphatic rings. The first-order valence-electron chi connectivity index (χ1n) is 9.26. The van der Waals surface area contributed by atoms with Gasteiger partial charge in [0.1, 0.15) is 5.58 Å². The minimum atomic E-state index is -0.445. The number of para-hydroxylation sites is 1. The molecule has 3 N–H and O–H groups in total. The molecule has 0 fully saturated rings. The number of nitrogens with one attached hydrogen (secondary N) is 3. The average molecular weight is 450 g/mol. The lowest BCUT2D eigenvalue weighted by molar-refractivity contribution is 0.0952. The Morgan fingerprint density at radius 1 is 0.806 bits per heavy atom. The Bertz CT molecular complexity index is 1250. The Morgan fingerprint density at radius 2 is 1.52 bits per heavy atom. The maximum absolute atomic E-state index is 12.4. The van der Waals surface area contributed by atoms with Gasteiger partial charge in [0.05, 0.1) is 0 Å². The van der Waals surface area contributed by atoms with E-state index >= 15 is 0 Å². The second kappa shape index (κ2) is 8.99. The molecule has 1 heterocycles. The summed E-state index contributed by atoms with van der Waals surface area (Å²) in [6.45, 7) is 0. The predicted octanol–water partition coefficient (Wildman–Crippen LogP) is 5.47. The van der Waals surface area contributed by atoms with Crippen molar-refractivity contribution in [3.63, 3.8) is 0 Å². The van der Waals surface area contributed by atoms with E-state index in [1.165, 1.54) is 0 Å². The van der Waals surface area contributed by atoms with Crippen LogP contribution >= 0.6 is 23.8 Å². The third-order valence-corrected chi connectivity index (χ3v) is 4.80. The zero-order chi connectivity index (χ0) is 21.8. The van der Waals surface area contributed by atoms with Gasteiger partial charge in [-0.25, -0.2) is 0 Å². The SMILES string of the molecule is O=C(Nc1ccc(NC(=S)NC(=O)c2cc3ccccc3o2)cc1)c1cccc(Cl)c1. The molecule has 0 saturated carbocycles. The number of hydrogen-bond acceptors (Lipinski definition) is 4. The van der Waals surface area contributed by atoms with Gasteiger partial charge in [-0.1, -0.05) is 35.9 Å². The van der Waals surface area contributed by atoms with Gasteiger partial charge in [0.15, 0.2) is 10.9 Å². The van der Waals surface area contributed by atoms with Gasteiger partial charge < -0.3 is 15.1 Å². The molecule has 154 valence electrons. The second-order valence-corrected chi connectivity index (χ2v) is 7.44. The van der Waals surface area contributed by atoms with E-state index < -0.39 is 5.91 Å². The van der Waals surface area contributed by atoms with E-state index in [2.05, 4.69) is 16.0 Å². The summed E-state index contributed by atoms with van der Waals surface area (Å²) in [7, 11) is 0. The van der Waals surface area contributed by atoms with Gasteiger partial charge in [-0.2, -0.15) is 0 Å². The molecular formula is C23H16ClN3O3S. The van der Waals surface area contributed by atoms with Gasteiger partial charge in [0.25, 0.3) is 11.8 Å². The van der Waals surface area contributed by atoms with E-state index in [9.17, 15) is 9.59 Å². The molecule has 0 radical (unpaired) electrons. The molecule has 0 spiro atoms. The number of carbonyl (C=O) groups is 2. The number of halogens is 1. The van der Waals surface area contributed by atoms with Crippen LogP contribution in [-0.4, -0.2) is 16.9 Å². The fourth-order valence-corrected chi connectivity index (χ4v) is 3.29. The van der Waals surface area contributed by atoms with Crippen molar-refractivity contribution in [3.8, 4) is 0 Å². The van der Waals surface area contributed by atoms with Gasteiger partial charge in [-0.3, -0.25) is 14.9 Å². The Balaban J connectivity index is 1.34. The number of anilines is 2. The Morgan fingerprint density at radius 3 is 2.23 bits per heavy atom. The highest BCUT2D eigenvalue weighted by atomic mass is 35.5. The van der Waals surface area contributed by atoms with Crippen molar-refractivity contribution < 1.29 is 14.0 Å². The number of thiocarbonyl (C=S) groups is 1. The smallest absolute Gasteiger partial charge is 0.293 e. The fraction of sp³-hybridized carbons (Fsp3) is 0. The lowest BCUT2D eigenvalue weighted by Crippen LogP contribution is -2.33. The van der Waals surface area contributed by atoms with Crippen molar-refractivity contribution >= 4 is 63.1 Å². The van der Waals surface area contributed by atoms with Crippen molar-refractivity contribution in [2.45, 2.75) is 0 Å². The molecule has 1 aromatic heterocycles. The van der Waals surface area contributed by atoms with E-state index in [4.69, 9.17) is 28.2 Å². The summed E-state index contributed by atoms with van der Waals surface area (Å²) < 4.78 is 5.53. The molecule has 0 aliphatic heterocycles. The van der Waals surface area contributed by atoms with E-state index in [1.807, 2.05) is 18.2 Å². The van der Waals surface area contributed by atoms with E-state index in [0.29, 0.717) is 27.5 Å². The van der Waals surface area contributed by atoms with Gasteiger partial charge in [0.2, 0.25) is 0 Å². The average Bonchev–Trinajstić information content (AvgIpc) is 3.19. The quantitative estimate of drug-likeness (QED) is 0.360. The van der Waals surface area contributed by atoms with E-state index in [1.54, 1.807) is 60.7 Å². The summed E-state index contributed by atoms with van der Waals surface area (Å²) in [5.74, 6) is -0.541. The highest BCUT2D eigenvalue weighted by molar-refractivity contribution is 7.80. The number of rotatable bonds is 4. The molecule has 0 bridgehead atoms. The summed E-state index contributed by atoms with van der Waals surface area (Å²) >= 11 is 11.1. The summed E-state index contributed by atoms with van der Waals surface area (Å²) in [4.78, 5) is 24.6. The molecule has 4 aromatic rings. The van der Waals surface area contributed by atoms with Crippen LogP contribution in [0.1, 0.15) is 20.9 Å². The van der Waals surface area contributed by atoms with Crippen LogP contribution in [0.5, 0.6) is 0 Å². The van der Waals surface area contributed by atoms with Crippen LogP contribution in [-0.2, 0) is 0 Å². The maximum Gasteiger partial charge on any atom is 0.293 e. The Labute approximate surface area is 188 Å². The van der Waals surface area contributed by atoms with Gasteiger partial charge in [0, 0.05) is 27.3 Å². The van der Waals surface area contributed by atoms with Crippen molar-refractivity contribution in [2.75, 3.05) is 10.6 Å². The number of furan rings is 1. The van der Waals surface area contributed by atoms with Crippen LogP contribution in [0.4, 0.5) is 11.4 Å². The number of benzene rings is 3. The molecule has 4 rings (SSSR count). The predicted molar refractivity (Wildman–Crippen MR) is 126 cm³/mol. The van der Waals surface area contributed by atoms with Crippen molar-refractivity contribution in [3.05, 3.63) is 95.2 Å². The van der Waals surface area contributed by atoms with E-state index in [-0.39, 0.29) is 16.8 Å². The molecule has 3 aromatic carbocycles. The molecule has 0 atom stereocenters. The normalized spacial score (nSPS) is 10.5. The first-order valence-corrected chi connectivity index (χ1v) is 10.0. The topological polar surface area (TPSA) is 83.4 Å². The van der Waals surface area contributed by atoms with Crippen molar-refractivity contribution in [1.29, 1.82) is 0 Å². The molecule has 0 unspecified atom stereocenters. The van der Waals surface area contributed by atoms with Crippen LogP contribution in [0, 0.1) is 0 Å². The minimum absolute atomic E-state index is 0.126. The Kier molecular flexibility index (Phi) is 5.97. The number of carbonyl (C=O) groups excluding carboxylic acids is 2. The molecule has 6 nitrogen and oxygen atoms in total. The highest BCUT2D eigenvalue weighted by Gasteiger charge is 2.13. The van der Waals surface area contributed by atoms with Crippen LogP contribution in [0.2, 0.25) is 5.02 Å². The first-order chi connectivity index (χ1) is 15.0. The minimum Gasteiger partial charge on any atom is -0.451 e. The van der Waals surface area contributed by atoms with E-state index in [0.717, 1.165) is 5.39 Å². The monoisotopic (exact) mass is 449 g/mol. The van der Waals surface area contributed by atoms with Crippen molar-refractivity contribution in [2.24, 2.45) is 0 Å². The number of hydrogen-bond donors (Lipinski definition) is 3.